The molecule has 9 heteroatoms. The number of carbonyl (C=O) groups is 2. The van der Waals surface area contributed by atoms with E-state index in [1.807, 2.05) is 68.4 Å². The molecule has 1 aliphatic rings. The highest BCUT2D eigenvalue weighted by atomic mass is 32.2. The van der Waals surface area contributed by atoms with Crippen LogP contribution in [-0.4, -0.2) is 28.8 Å². The number of fused-ring (bicyclic) bond motifs is 1. The SMILES string of the molecule is CCOC(=O)c1c(NC(=O)C(CC)Sc2cccc(NC(=S)Nc3ccc(C)cc3)c2)sc2c1CCC(c1ccccc1)C2. The van der Waals surface area contributed by atoms with Crippen LogP contribution in [0.1, 0.15) is 64.5 Å². The highest BCUT2D eigenvalue weighted by Gasteiger charge is 2.32. The summed E-state index contributed by atoms with van der Waals surface area (Å²) in [5.41, 5.74) is 5.77. The van der Waals surface area contributed by atoms with E-state index >= 15 is 0 Å². The number of ether oxygens (including phenoxy) is 1. The Balaban J connectivity index is 1.28. The average molecular weight is 644 g/mol. The molecular formula is C35H37N3O3S3. The van der Waals surface area contributed by atoms with E-state index in [9.17, 15) is 9.59 Å². The van der Waals surface area contributed by atoms with Gasteiger partial charge in [0.15, 0.2) is 5.11 Å². The van der Waals surface area contributed by atoms with Crippen LogP contribution in [0.5, 0.6) is 0 Å². The lowest BCUT2D eigenvalue weighted by Crippen LogP contribution is -2.25. The van der Waals surface area contributed by atoms with Crippen molar-refractivity contribution in [1.29, 1.82) is 0 Å². The molecule has 0 saturated carbocycles. The van der Waals surface area contributed by atoms with Gasteiger partial charge in [-0.3, -0.25) is 4.79 Å². The lowest BCUT2D eigenvalue weighted by Gasteiger charge is -2.23. The number of thiophene rings is 1. The van der Waals surface area contributed by atoms with Crippen molar-refractivity contribution in [1.82, 2.24) is 0 Å². The number of aryl methyl sites for hydroxylation is 1. The van der Waals surface area contributed by atoms with Crippen LogP contribution in [0.4, 0.5) is 16.4 Å². The first-order chi connectivity index (χ1) is 21.3. The molecule has 5 rings (SSSR count). The van der Waals surface area contributed by atoms with Crippen molar-refractivity contribution in [3.05, 3.63) is 106 Å². The number of rotatable bonds is 10. The Bertz CT molecular complexity index is 1620. The molecule has 0 radical (unpaired) electrons. The summed E-state index contributed by atoms with van der Waals surface area (Å²) in [6.45, 7) is 6.13. The second-order valence-electron chi connectivity index (χ2n) is 10.8. The topological polar surface area (TPSA) is 79.5 Å². The van der Waals surface area contributed by atoms with Gasteiger partial charge in [0.1, 0.15) is 5.00 Å². The molecule has 3 aromatic carbocycles. The van der Waals surface area contributed by atoms with E-state index in [0.717, 1.165) is 46.0 Å². The average Bonchev–Trinajstić information content (AvgIpc) is 3.38. The van der Waals surface area contributed by atoms with Gasteiger partial charge < -0.3 is 20.7 Å². The highest BCUT2D eigenvalue weighted by molar-refractivity contribution is 8.00. The lowest BCUT2D eigenvalue weighted by molar-refractivity contribution is -0.115. The zero-order valence-electron chi connectivity index (χ0n) is 25.1. The summed E-state index contributed by atoms with van der Waals surface area (Å²) in [4.78, 5) is 28.9. The molecule has 0 spiro atoms. The third-order valence-electron chi connectivity index (χ3n) is 7.60. The molecule has 0 bridgehead atoms. The Morgan fingerprint density at radius 2 is 1.73 bits per heavy atom. The molecule has 4 aromatic rings. The van der Waals surface area contributed by atoms with Crippen LogP contribution < -0.4 is 16.0 Å². The molecule has 0 saturated heterocycles. The number of thiocarbonyl (C=S) groups is 1. The van der Waals surface area contributed by atoms with Crippen molar-refractivity contribution in [2.24, 2.45) is 0 Å². The van der Waals surface area contributed by atoms with Crippen LogP contribution in [0.3, 0.4) is 0 Å². The molecular weight excluding hydrogens is 607 g/mol. The number of esters is 1. The molecule has 1 aliphatic carbocycles. The molecule has 2 atom stereocenters. The lowest BCUT2D eigenvalue weighted by atomic mass is 9.83. The van der Waals surface area contributed by atoms with Gasteiger partial charge in [0.05, 0.1) is 17.4 Å². The molecule has 44 heavy (non-hydrogen) atoms. The van der Waals surface area contributed by atoms with Crippen LogP contribution in [0.2, 0.25) is 0 Å². The Kier molecular flexibility index (Phi) is 10.7. The van der Waals surface area contributed by atoms with Crippen LogP contribution >= 0.6 is 35.3 Å². The fourth-order valence-electron chi connectivity index (χ4n) is 5.36. The molecule has 3 N–H and O–H groups in total. The van der Waals surface area contributed by atoms with E-state index in [1.54, 1.807) is 6.92 Å². The Hall–Kier alpha value is -3.66. The van der Waals surface area contributed by atoms with Crippen LogP contribution in [0.25, 0.3) is 0 Å². The zero-order valence-corrected chi connectivity index (χ0v) is 27.6. The van der Waals surface area contributed by atoms with Gasteiger partial charge in [0.25, 0.3) is 0 Å². The summed E-state index contributed by atoms with van der Waals surface area (Å²) < 4.78 is 5.44. The summed E-state index contributed by atoms with van der Waals surface area (Å²) >= 11 is 8.52. The van der Waals surface area contributed by atoms with Crippen molar-refractivity contribution in [3.8, 4) is 0 Å². The minimum absolute atomic E-state index is 0.129. The predicted molar refractivity (Wildman–Crippen MR) is 188 cm³/mol. The van der Waals surface area contributed by atoms with Gasteiger partial charge in [-0.25, -0.2) is 4.79 Å². The van der Waals surface area contributed by atoms with Crippen molar-refractivity contribution >= 4 is 68.7 Å². The summed E-state index contributed by atoms with van der Waals surface area (Å²) in [5.74, 6) is -0.106. The first kappa shape index (κ1) is 31.8. The van der Waals surface area contributed by atoms with Crippen LogP contribution in [0.15, 0.2) is 83.8 Å². The predicted octanol–water partition coefficient (Wildman–Crippen LogP) is 8.82. The summed E-state index contributed by atoms with van der Waals surface area (Å²) in [7, 11) is 0. The summed E-state index contributed by atoms with van der Waals surface area (Å²) in [6, 6.07) is 26.4. The third kappa shape index (κ3) is 7.88. The number of hydrogen-bond donors (Lipinski definition) is 3. The third-order valence-corrected chi connectivity index (χ3v) is 10.3. The van der Waals surface area contributed by atoms with Gasteiger partial charge in [0.2, 0.25) is 5.91 Å². The van der Waals surface area contributed by atoms with Crippen molar-refractivity contribution in [3.63, 3.8) is 0 Å². The Labute approximate surface area is 273 Å². The quantitative estimate of drug-likeness (QED) is 0.0905. The minimum atomic E-state index is -0.367. The van der Waals surface area contributed by atoms with Crippen molar-refractivity contribution < 1.29 is 14.3 Å². The Morgan fingerprint density at radius 1 is 0.977 bits per heavy atom. The molecule has 1 amide bonds. The molecule has 6 nitrogen and oxygen atoms in total. The normalized spacial score (nSPS) is 14.7. The largest absolute Gasteiger partial charge is 0.462 e. The first-order valence-electron chi connectivity index (χ1n) is 14.9. The number of amides is 1. The first-order valence-corrected chi connectivity index (χ1v) is 17.0. The van der Waals surface area contributed by atoms with Crippen molar-refractivity contribution in [2.45, 2.75) is 62.5 Å². The van der Waals surface area contributed by atoms with Gasteiger partial charge in [0, 0.05) is 21.1 Å². The van der Waals surface area contributed by atoms with Crippen LogP contribution in [-0.2, 0) is 22.4 Å². The van der Waals surface area contributed by atoms with E-state index in [4.69, 9.17) is 17.0 Å². The van der Waals surface area contributed by atoms with Crippen LogP contribution in [0, 0.1) is 6.92 Å². The molecule has 0 fully saturated rings. The zero-order chi connectivity index (χ0) is 31.1. The van der Waals surface area contributed by atoms with Gasteiger partial charge in [-0.05, 0) is 99.1 Å². The fraction of sp³-hybridized carbons (Fsp3) is 0.286. The monoisotopic (exact) mass is 643 g/mol. The Morgan fingerprint density at radius 3 is 2.45 bits per heavy atom. The second kappa shape index (κ2) is 14.9. The van der Waals surface area contributed by atoms with Gasteiger partial charge in [-0.2, -0.15) is 0 Å². The number of anilines is 3. The van der Waals surface area contributed by atoms with Crippen molar-refractivity contribution in [2.75, 3.05) is 22.6 Å². The molecule has 0 aliphatic heterocycles. The maximum absolute atomic E-state index is 13.6. The number of nitrogens with one attached hydrogen (secondary N) is 3. The molecule has 2 unspecified atom stereocenters. The number of carbonyl (C=O) groups excluding carboxylic acids is 2. The maximum atomic E-state index is 13.6. The van der Waals surface area contributed by atoms with E-state index < -0.39 is 0 Å². The van der Waals surface area contributed by atoms with Gasteiger partial charge >= 0.3 is 5.97 Å². The molecule has 228 valence electrons. The number of hydrogen-bond acceptors (Lipinski definition) is 6. The second-order valence-corrected chi connectivity index (χ2v) is 13.5. The summed E-state index contributed by atoms with van der Waals surface area (Å²) in [5, 5.41) is 10.3. The fourth-order valence-corrected chi connectivity index (χ4v) is 7.93. The van der Waals surface area contributed by atoms with Gasteiger partial charge in [-0.1, -0.05) is 61.0 Å². The minimum Gasteiger partial charge on any atom is -0.462 e. The molecule has 1 aromatic heterocycles. The number of benzene rings is 3. The van der Waals surface area contributed by atoms with E-state index in [0.29, 0.717) is 28.0 Å². The highest BCUT2D eigenvalue weighted by Crippen LogP contribution is 2.43. The maximum Gasteiger partial charge on any atom is 0.341 e. The van der Waals surface area contributed by atoms with E-state index in [2.05, 4.69) is 40.2 Å². The standard InChI is InChI=1S/C35H37N3O3S3/c1-4-29(43-27-13-9-12-26(21-27)37-35(42)36-25-17-14-22(3)15-18-25)32(39)38-33-31(34(40)41-5-2)28-19-16-24(20-30(28)44-33)23-10-7-6-8-11-23/h6-15,17-18,21,24,29H,4-5,16,19-20H2,1-3H3,(H,38,39)(H2,36,37,42). The van der Waals surface area contributed by atoms with E-state index in [1.165, 1.54) is 34.2 Å². The number of thioether (sulfide) groups is 1. The smallest absolute Gasteiger partial charge is 0.341 e. The summed E-state index contributed by atoms with van der Waals surface area (Å²) in [6.07, 6.45) is 3.20. The van der Waals surface area contributed by atoms with E-state index in [-0.39, 0.29) is 23.7 Å². The molecule has 1 heterocycles. The van der Waals surface area contributed by atoms with Gasteiger partial charge in [-0.15, -0.1) is 23.1 Å².